The fraction of sp³-hybridized carbons (Fsp3) is 0.200. The number of amides is 1. The van der Waals surface area contributed by atoms with Gasteiger partial charge in [0.05, 0.1) is 13.1 Å². The van der Waals surface area contributed by atoms with E-state index >= 15 is 0 Å². The zero-order valence-electron chi connectivity index (χ0n) is 7.96. The van der Waals surface area contributed by atoms with Crippen LogP contribution in [-0.2, 0) is 4.79 Å². The third kappa shape index (κ3) is 4.45. The largest absolute Gasteiger partial charge is 0.310 e. The summed E-state index contributed by atoms with van der Waals surface area (Å²) >= 11 is 5.65. The molecule has 0 atom stereocenters. The Morgan fingerprint density at radius 3 is 3.07 bits per heavy atom. The zero-order valence-corrected chi connectivity index (χ0v) is 8.71. The number of rotatable bonds is 4. The van der Waals surface area contributed by atoms with Crippen LogP contribution in [0, 0.1) is 12.3 Å². The van der Waals surface area contributed by atoms with Crippen molar-refractivity contribution in [1.29, 1.82) is 0 Å². The molecule has 5 heteroatoms. The van der Waals surface area contributed by atoms with E-state index in [4.69, 9.17) is 18.0 Å². The van der Waals surface area contributed by atoms with Gasteiger partial charge in [0, 0.05) is 0 Å². The van der Waals surface area contributed by atoms with Crippen molar-refractivity contribution in [3.63, 3.8) is 0 Å². The number of nitrogens with one attached hydrogen (secondary N) is 2. The average Bonchev–Trinajstić information content (AvgIpc) is 2.18. The van der Waals surface area contributed by atoms with Gasteiger partial charge >= 0.3 is 0 Å². The normalized spacial score (nSPS) is 9.33. The van der Waals surface area contributed by atoms with Crippen molar-refractivity contribution in [3.05, 3.63) is 23.4 Å². The van der Waals surface area contributed by atoms with Gasteiger partial charge in [0.15, 0.2) is 0 Å². The molecule has 1 aromatic heterocycles. The van der Waals surface area contributed by atoms with E-state index in [9.17, 15) is 4.79 Å². The molecule has 1 heterocycles. The predicted molar refractivity (Wildman–Crippen MR) is 59.6 cm³/mol. The molecule has 1 amide bonds. The molecule has 1 aromatic rings. The van der Waals surface area contributed by atoms with Crippen LogP contribution in [-0.4, -0.2) is 24.0 Å². The second-order valence-corrected chi connectivity index (χ2v) is 3.09. The van der Waals surface area contributed by atoms with Gasteiger partial charge in [-0.15, -0.1) is 6.42 Å². The minimum atomic E-state index is -0.208. The maximum atomic E-state index is 11.3. The Morgan fingerprint density at radius 2 is 2.40 bits per heavy atom. The standard InChI is InChI=1S/C10H10ClN3O/c1-2-6-12-7-10(15)14-9-5-3-4-8(11)13-9/h1,3-5,12H,6-7H2,(H,13,14,15). The molecule has 2 N–H and O–H groups in total. The smallest absolute Gasteiger partial charge is 0.239 e. The fourth-order valence-corrected chi connectivity index (χ4v) is 1.08. The van der Waals surface area contributed by atoms with Gasteiger partial charge in [0.2, 0.25) is 5.91 Å². The molecule has 4 nitrogen and oxygen atoms in total. The Hall–Kier alpha value is -1.57. The minimum Gasteiger partial charge on any atom is -0.310 e. The van der Waals surface area contributed by atoms with Crippen LogP contribution in [0.2, 0.25) is 5.15 Å². The molecule has 0 aliphatic carbocycles. The summed E-state index contributed by atoms with van der Waals surface area (Å²) in [5, 5.41) is 5.67. The average molecular weight is 224 g/mol. The van der Waals surface area contributed by atoms with Gasteiger partial charge in [-0.05, 0) is 12.1 Å². The molecule has 0 spiro atoms. The van der Waals surface area contributed by atoms with Crippen LogP contribution in [0.1, 0.15) is 0 Å². The van der Waals surface area contributed by atoms with Crippen LogP contribution < -0.4 is 10.6 Å². The number of aromatic nitrogens is 1. The van der Waals surface area contributed by atoms with E-state index in [-0.39, 0.29) is 12.5 Å². The van der Waals surface area contributed by atoms with E-state index in [2.05, 4.69) is 21.5 Å². The summed E-state index contributed by atoms with van der Waals surface area (Å²) in [6.45, 7) is 0.509. The van der Waals surface area contributed by atoms with Crippen molar-refractivity contribution in [2.75, 3.05) is 18.4 Å². The zero-order chi connectivity index (χ0) is 11.1. The summed E-state index contributed by atoms with van der Waals surface area (Å²) in [7, 11) is 0. The Labute approximate surface area is 93.0 Å². The van der Waals surface area contributed by atoms with Crippen molar-refractivity contribution >= 4 is 23.3 Å². The van der Waals surface area contributed by atoms with E-state index in [1.165, 1.54) is 0 Å². The third-order valence-electron chi connectivity index (χ3n) is 1.50. The van der Waals surface area contributed by atoms with Crippen molar-refractivity contribution < 1.29 is 4.79 Å². The molecule has 0 bridgehead atoms. The summed E-state index contributed by atoms with van der Waals surface area (Å²) in [6, 6.07) is 5.00. The number of nitrogens with zero attached hydrogens (tertiary/aromatic N) is 1. The number of carbonyl (C=O) groups is 1. The van der Waals surface area contributed by atoms with Crippen molar-refractivity contribution in [3.8, 4) is 12.3 Å². The van der Waals surface area contributed by atoms with Gasteiger partial charge in [0.1, 0.15) is 11.0 Å². The van der Waals surface area contributed by atoms with Crippen molar-refractivity contribution in [2.45, 2.75) is 0 Å². The molecule has 0 aromatic carbocycles. The molecule has 0 aliphatic heterocycles. The number of anilines is 1. The van der Waals surface area contributed by atoms with Crippen LogP contribution in [0.25, 0.3) is 0 Å². The second-order valence-electron chi connectivity index (χ2n) is 2.70. The molecule has 0 aliphatic rings. The maximum absolute atomic E-state index is 11.3. The van der Waals surface area contributed by atoms with Crippen molar-refractivity contribution in [1.82, 2.24) is 10.3 Å². The molecular formula is C10H10ClN3O. The van der Waals surface area contributed by atoms with Crippen molar-refractivity contribution in [2.24, 2.45) is 0 Å². The monoisotopic (exact) mass is 223 g/mol. The second kappa shape index (κ2) is 6.02. The lowest BCUT2D eigenvalue weighted by molar-refractivity contribution is -0.115. The molecule has 0 saturated carbocycles. The van der Waals surface area contributed by atoms with E-state index in [1.807, 2.05) is 0 Å². The quantitative estimate of drug-likeness (QED) is 0.453. The first-order valence-corrected chi connectivity index (χ1v) is 4.67. The lowest BCUT2D eigenvalue weighted by Crippen LogP contribution is -2.28. The van der Waals surface area contributed by atoms with Crippen LogP contribution in [0.3, 0.4) is 0 Å². The molecular weight excluding hydrogens is 214 g/mol. The molecule has 0 radical (unpaired) electrons. The highest BCUT2D eigenvalue weighted by Gasteiger charge is 2.01. The summed E-state index contributed by atoms with van der Waals surface area (Å²) in [4.78, 5) is 15.2. The number of terminal acetylenes is 1. The first-order chi connectivity index (χ1) is 7.22. The van der Waals surface area contributed by atoms with E-state index in [1.54, 1.807) is 18.2 Å². The molecule has 0 saturated heterocycles. The van der Waals surface area contributed by atoms with E-state index < -0.39 is 0 Å². The number of hydrogen-bond donors (Lipinski definition) is 2. The van der Waals surface area contributed by atoms with Gasteiger partial charge in [0.25, 0.3) is 0 Å². The van der Waals surface area contributed by atoms with Gasteiger partial charge in [-0.1, -0.05) is 23.6 Å². The Kier molecular flexibility index (Phi) is 4.61. The lowest BCUT2D eigenvalue weighted by atomic mass is 10.4. The van der Waals surface area contributed by atoms with Gasteiger partial charge in [-0.25, -0.2) is 4.98 Å². The first-order valence-electron chi connectivity index (χ1n) is 4.29. The highest BCUT2D eigenvalue weighted by Crippen LogP contribution is 2.08. The van der Waals surface area contributed by atoms with E-state index in [0.29, 0.717) is 17.5 Å². The summed E-state index contributed by atoms with van der Waals surface area (Å²) in [5.41, 5.74) is 0. The van der Waals surface area contributed by atoms with E-state index in [0.717, 1.165) is 0 Å². The topological polar surface area (TPSA) is 54.0 Å². The maximum Gasteiger partial charge on any atom is 0.239 e. The van der Waals surface area contributed by atoms with Crippen LogP contribution >= 0.6 is 11.6 Å². The van der Waals surface area contributed by atoms with Crippen LogP contribution in [0.4, 0.5) is 5.82 Å². The van der Waals surface area contributed by atoms with Gasteiger partial charge in [-0.3, -0.25) is 10.1 Å². The molecule has 15 heavy (non-hydrogen) atoms. The summed E-state index contributed by atoms with van der Waals surface area (Å²) in [5.74, 6) is 2.59. The van der Waals surface area contributed by atoms with Gasteiger partial charge < -0.3 is 5.32 Å². The summed E-state index contributed by atoms with van der Waals surface area (Å²) in [6.07, 6.45) is 5.01. The Morgan fingerprint density at radius 1 is 1.60 bits per heavy atom. The number of halogens is 1. The number of pyridine rings is 1. The first kappa shape index (κ1) is 11.5. The summed E-state index contributed by atoms with van der Waals surface area (Å²) < 4.78 is 0. The minimum absolute atomic E-state index is 0.151. The number of carbonyl (C=O) groups excluding carboxylic acids is 1. The van der Waals surface area contributed by atoms with Crippen LogP contribution in [0.5, 0.6) is 0 Å². The SMILES string of the molecule is C#CCNCC(=O)Nc1cccc(Cl)n1. The molecule has 1 rings (SSSR count). The Bertz CT molecular complexity index is 386. The fourth-order valence-electron chi connectivity index (χ4n) is 0.913. The van der Waals surface area contributed by atoms with Gasteiger partial charge in [-0.2, -0.15) is 0 Å². The molecule has 0 unspecified atom stereocenters. The predicted octanol–water partition coefficient (Wildman–Crippen LogP) is 0.896. The van der Waals surface area contributed by atoms with Crippen LogP contribution in [0.15, 0.2) is 18.2 Å². The Balaban J connectivity index is 2.42. The highest BCUT2D eigenvalue weighted by molar-refractivity contribution is 6.29. The highest BCUT2D eigenvalue weighted by atomic mass is 35.5. The third-order valence-corrected chi connectivity index (χ3v) is 1.71. The number of hydrogen-bond acceptors (Lipinski definition) is 3. The molecule has 0 fully saturated rings. The lowest BCUT2D eigenvalue weighted by Gasteiger charge is -2.04. The molecule has 78 valence electrons.